The van der Waals surface area contributed by atoms with E-state index in [-0.39, 0.29) is 5.54 Å². The Morgan fingerprint density at radius 3 is 2.19 bits per heavy atom. The quantitative estimate of drug-likeness (QED) is 0.823. The van der Waals surface area contributed by atoms with E-state index in [9.17, 15) is 0 Å². The van der Waals surface area contributed by atoms with Crippen LogP contribution in [0.2, 0.25) is 0 Å². The number of thioether (sulfide) groups is 1. The third kappa shape index (κ3) is 2.02. The van der Waals surface area contributed by atoms with Gasteiger partial charge in [0.05, 0.1) is 0 Å². The van der Waals surface area contributed by atoms with Crippen molar-refractivity contribution in [3.05, 3.63) is 0 Å². The second kappa shape index (κ2) is 4.18. The molecule has 94 valence electrons. The molecule has 1 aliphatic carbocycles. The SMILES string of the molecule is CC1CN(C(C)(CN)C2(C)CC2)CC(C)S1. The molecule has 0 aromatic heterocycles. The maximum absolute atomic E-state index is 6.11. The van der Waals surface area contributed by atoms with Crippen LogP contribution in [0.25, 0.3) is 0 Å². The summed E-state index contributed by atoms with van der Waals surface area (Å²) in [5.41, 5.74) is 6.80. The Morgan fingerprint density at radius 2 is 1.81 bits per heavy atom. The van der Waals surface area contributed by atoms with Crippen molar-refractivity contribution in [2.45, 2.75) is 56.6 Å². The van der Waals surface area contributed by atoms with Crippen molar-refractivity contribution >= 4 is 11.8 Å². The van der Waals surface area contributed by atoms with Gasteiger partial charge in [0.1, 0.15) is 0 Å². The van der Waals surface area contributed by atoms with Gasteiger partial charge < -0.3 is 5.73 Å². The highest BCUT2D eigenvalue weighted by Crippen LogP contribution is 2.56. The first kappa shape index (κ1) is 12.7. The van der Waals surface area contributed by atoms with Gasteiger partial charge in [-0.3, -0.25) is 4.90 Å². The standard InChI is InChI=1S/C13H26N2S/c1-10-7-15(8-11(2)16-10)13(4,9-14)12(3)5-6-12/h10-11H,5-9,14H2,1-4H3. The van der Waals surface area contributed by atoms with Gasteiger partial charge in [0.25, 0.3) is 0 Å². The summed E-state index contributed by atoms with van der Waals surface area (Å²) < 4.78 is 0. The number of nitrogens with two attached hydrogens (primary N) is 1. The first-order valence-corrected chi connectivity index (χ1v) is 7.46. The van der Waals surface area contributed by atoms with Crippen molar-refractivity contribution in [2.75, 3.05) is 19.6 Å². The van der Waals surface area contributed by atoms with Gasteiger partial charge in [-0.2, -0.15) is 11.8 Å². The third-order valence-electron chi connectivity index (χ3n) is 4.82. The summed E-state index contributed by atoms with van der Waals surface area (Å²) in [6, 6.07) is 0. The molecule has 2 N–H and O–H groups in total. The molecule has 0 amide bonds. The molecule has 1 aliphatic heterocycles. The van der Waals surface area contributed by atoms with Gasteiger partial charge in [0.2, 0.25) is 0 Å². The Bertz CT molecular complexity index is 255. The second-order valence-corrected chi connectivity index (χ2v) is 8.08. The Balaban J connectivity index is 2.14. The average molecular weight is 242 g/mol. The fourth-order valence-corrected chi connectivity index (χ4v) is 4.39. The summed E-state index contributed by atoms with van der Waals surface area (Å²) in [6.45, 7) is 12.7. The minimum atomic E-state index is 0.219. The lowest BCUT2D eigenvalue weighted by atomic mass is 9.81. The first-order chi connectivity index (χ1) is 7.41. The van der Waals surface area contributed by atoms with Gasteiger partial charge >= 0.3 is 0 Å². The van der Waals surface area contributed by atoms with Crippen LogP contribution in [-0.2, 0) is 0 Å². The molecule has 1 saturated heterocycles. The molecule has 2 fully saturated rings. The van der Waals surface area contributed by atoms with Gasteiger partial charge in [0.15, 0.2) is 0 Å². The van der Waals surface area contributed by atoms with Crippen molar-refractivity contribution < 1.29 is 0 Å². The van der Waals surface area contributed by atoms with Crippen LogP contribution in [0.3, 0.4) is 0 Å². The molecule has 16 heavy (non-hydrogen) atoms. The molecule has 0 spiro atoms. The molecule has 0 aromatic carbocycles. The minimum Gasteiger partial charge on any atom is -0.329 e. The summed E-state index contributed by atoms with van der Waals surface area (Å²) >= 11 is 2.12. The predicted molar refractivity (Wildman–Crippen MR) is 72.9 cm³/mol. The van der Waals surface area contributed by atoms with E-state index in [0.717, 1.165) is 17.0 Å². The molecule has 1 saturated carbocycles. The van der Waals surface area contributed by atoms with Crippen molar-refractivity contribution in [2.24, 2.45) is 11.1 Å². The Morgan fingerprint density at radius 1 is 1.31 bits per heavy atom. The van der Waals surface area contributed by atoms with E-state index < -0.39 is 0 Å². The van der Waals surface area contributed by atoms with Crippen molar-refractivity contribution in [1.29, 1.82) is 0 Å². The minimum absolute atomic E-state index is 0.219. The van der Waals surface area contributed by atoms with Crippen LogP contribution >= 0.6 is 11.8 Å². The Kier molecular flexibility index (Phi) is 3.32. The van der Waals surface area contributed by atoms with Gasteiger partial charge in [-0.15, -0.1) is 0 Å². The second-order valence-electron chi connectivity index (χ2n) is 6.20. The highest BCUT2D eigenvalue weighted by molar-refractivity contribution is 8.00. The molecule has 3 atom stereocenters. The maximum Gasteiger partial charge on any atom is 0.0357 e. The Hall–Kier alpha value is 0.270. The van der Waals surface area contributed by atoms with Crippen LogP contribution in [0.4, 0.5) is 0 Å². The van der Waals surface area contributed by atoms with Crippen LogP contribution in [0.5, 0.6) is 0 Å². The molecule has 2 rings (SSSR count). The smallest absolute Gasteiger partial charge is 0.0357 e. The van der Waals surface area contributed by atoms with Crippen molar-refractivity contribution in [3.63, 3.8) is 0 Å². The van der Waals surface area contributed by atoms with E-state index >= 15 is 0 Å². The molecule has 3 heteroatoms. The lowest BCUT2D eigenvalue weighted by molar-refractivity contribution is 0.0461. The number of nitrogens with zero attached hydrogens (tertiary/aromatic N) is 1. The molecular formula is C13H26N2S. The predicted octanol–water partition coefficient (Wildman–Crippen LogP) is 2.33. The fourth-order valence-electron chi connectivity index (χ4n) is 3.06. The van der Waals surface area contributed by atoms with Gasteiger partial charge in [-0.25, -0.2) is 0 Å². The molecule has 0 bridgehead atoms. The average Bonchev–Trinajstić information content (AvgIpc) is 2.95. The summed E-state index contributed by atoms with van der Waals surface area (Å²) in [5, 5.41) is 1.49. The van der Waals surface area contributed by atoms with Crippen molar-refractivity contribution in [3.8, 4) is 0 Å². The Labute approximate surface area is 104 Å². The highest BCUT2D eigenvalue weighted by atomic mass is 32.2. The van der Waals surface area contributed by atoms with E-state index in [1.54, 1.807) is 0 Å². The lowest BCUT2D eigenvalue weighted by Crippen LogP contribution is -2.61. The summed E-state index contributed by atoms with van der Waals surface area (Å²) in [5.74, 6) is 0. The number of hydrogen-bond acceptors (Lipinski definition) is 3. The van der Waals surface area contributed by atoms with Crippen LogP contribution in [0.1, 0.15) is 40.5 Å². The van der Waals surface area contributed by atoms with Gasteiger partial charge in [-0.1, -0.05) is 20.8 Å². The highest BCUT2D eigenvalue weighted by Gasteiger charge is 2.55. The molecule has 2 aliphatic rings. The molecule has 0 radical (unpaired) electrons. The van der Waals surface area contributed by atoms with Crippen molar-refractivity contribution in [1.82, 2.24) is 4.90 Å². The van der Waals surface area contributed by atoms with Gasteiger partial charge in [-0.05, 0) is 25.2 Å². The lowest BCUT2D eigenvalue weighted by Gasteiger charge is -2.50. The van der Waals surface area contributed by atoms with E-state index in [0.29, 0.717) is 5.41 Å². The van der Waals surface area contributed by atoms with E-state index in [2.05, 4.69) is 44.4 Å². The summed E-state index contributed by atoms with van der Waals surface area (Å²) in [6.07, 6.45) is 2.71. The summed E-state index contributed by atoms with van der Waals surface area (Å²) in [4.78, 5) is 2.67. The normalized spacial score (nSPS) is 38.1. The molecule has 2 nitrogen and oxygen atoms in total. The van der Waals surface area contributed by atoms with E-state index in [4.69, 9.17) is 5.73 Å². The fraction of sp³-hybridized carbons (Fsp3) is 1.00. The van der Waals surface area contributed by atoms with Gasteiger partial charge in [0, 0.05) is 35.7 Å². The monoisotopic (exact) mass is 242 g/mol. The van der Waals surface area contributed by atoms with Crippen LogP contribution in [0.15, 0.2) is 0 Å². The topological polar surface area (TPSA) is 29.3 Å². The number of rotatable bonds is 3. The molecule has 0 aromatic rings. The van der Waals surface area contributed by atoms with Crippen LogP contribution in [-0.4, -0.2) is 40.6 Å². The summed E-state index contributed by atoms with van der Waals surface area (Å²) in [7, 11) is 0. The molecular weight excluding hydrogens is 216 g/mol. The zero-order valence-electron chi connectivity index (χ0n) is 11.1. The first-order valence-electron chi connectivity index (χ1n) is 6.52. The van der Waals surface area contributed by atoms with Crippen LogP contribution < -0.4 is 5.73 Å². The third-order valence-corrected chi connectivity index (χ3v) is 6.04. The largest absolute Gasteiger partial charge is 0.329 e. The maximum atomic E-state index is 6.11. The molecule has 1 heterocycles. The van der Waals surface area contributed by atoms with E-state index in [1.807, 2.05) is 0 Å². The zero-order valence-corrected chi connectivity index (χ0v) is 11.9. The number of hydrogen-bond donors (Lipinski definition) is 1. The van der Waals surface area contributed by atoms with Crippen LogP contribution in [0, 0.1) is 5.41 Å². The molecule has 3 unspecified atom stereocenters. The zero-order chi connectivity index (χ0) is 12.0. The van der Waals surface area contributed by atoms with E-state index in [1.165, 1.54) is 25.9 Å².